The summed E-state index contributed by atoms with van der Waals surface area (Å²) >= 11 is 0. The Hall–Kier alpha value is -3.32. The van der Waals surface area contributed by atoms with Crippen molar-refractivity contribution in [1.82, 2.24) is 5.01 Å². The topological polar surface area (TPSA) is 56.1 Å². The first kappa shape index (κ1) is 19.4. The number of hydrazine groups is 1. The van der Waals surface area contributed by atoms with Gasteiger partial charge in [-0.3, -0.25) is 15.2 Å². The van der Waals surface area contributed by atoms with Gasteiger partial charge in [0, 0.05) is 17.3 Å². The molecule has 0 aliphatic heterocycles. The quantitative estimate of drug-likeness (QED) is 0.611. The molecule has 0 aliphatic rings. The molecule has 4 nitrogen and oxygen atoms in total. The molecule has 28 heavy (non-hydrogen) atoms. The molecular weight excluding hydrogens is 346 g/mol. The summed E-state index contributed by atoms with van der Waals surface area (Å²) in [6, 6.07) is 19.8. The standard InChI is InChI=1S/C24H25N3O/c1-4-13-27(24(28)15-19-10-9-17(2)18(3)14-19)26-23-12-11-20(16-25)21-7-5-6-8-22(21)23/h5-12,14,26H,4,13,15H2,1-3H3. The van der Waals surface area contributed by atoms with Gasteiger partial charge in [-0.2, -0.15) is 5.26 Å². The van der Waals surface area contributed by atoms with Crippen molar-refractivity contribution in [2.24, 2.45) is 0 Å². The molecule has 3 aromatic carbocycles. The first-order chi connectivity index (χ1) is 13.5. The molecule has 0 aliphatic carbocycles. The summed E-state index contributed by atoms with van der Waals surface area (Å²) in [7, 11) is 0. The Kier molecular flexibility index (Phi) is 5.96. The molecule has 0 spiro atoms. The number of benzene rings is 3. The number of aryl methyl sites for hydroxylation is 2. The summed E-state index contributed by atoms with van der Waals surface area (Å²) in [5, 5.41) is 12.8. The number of nitriles is 1. The minimum atomic E-state index is 0.0264. The number of rotatable bonds is 6. The van der Waals surface area contributed by atoms with Gasteiger partial charge in [-0.05, 0) is 49.1 Å². The van der Waals surface area contributed by atoms with Gasteiger partial charge in [0.05, 0.1) is 23.7 Å². The zero-order valence-electron chi connectivity index (χ0n) is 16.6. The lowest BCUT2D eigenvalue weighted by molar-refractivity contribution is -0.129. The Morgan fingerprint density at radius 1 is 1.04 bits per heavy atom. The molecule has 3 rings (SSSR count). The van der Waals surface area contributed by atoms with Crippen LogP contribution in [0.3, 0.4) is 0 Å². The third-order valence-electron chi connectivity index (χ3n) is 4.97. The fraction of sp³-hybridized carbons (Fsp3) is 0.250. The molecule has 4 heteroatoms. The number of nitrogens with one attached hydrogen (secondary N) is 1. The number of carbonyl (C=O) groups excluding carboxylic acids is 1. The number of hydrogen-bond donors (Lipinski definition) is 1. The molecule has 0 atom stereocenters. The fourth-order valence-corrected chi connectivity index (χ4v) is 3.29. The van der Waals surface area contributed by atoms with E-state index in [4.69, 9.17) is 0 Å². The van der Waals surface area contributed by atoms with Crippen LogP contribution in [0.4, 0.5) is 5.69 Å². The third kappa shape index (κ3) is 4.15. The van der Waals surface area contributed by atoms with E-state index in [1.54, 1.807) is 11.1 Å². The van der Waals surface area contributed by atoms with Crippen molar-refractivity contribution in [2.45, 2.75) is 33.6 Å². The number of fused-ring (bicyclic) bond motifs is 1. The van der Waals surface area contributed by atoms with Crippen LogP contribution in [0.25, 0.3) is 10.8 Å². The maximum Gasteiger partial charge on any atom is 0.245 e. The lowest BCUT2D eigenvalue weighted by atomic mass is 10.0. The zero-order valence-corrected chi connectivity index (χ0v) is 16.6. The van der Waals surface area contributed by atoms with Crippen LogP contribution in [0, 0.1) is 25.2 Å². The molecule has 0 heterocycles. The summed E-state index contributed by atoms with van der Waals surface area (Å²) < 4.78 is 0. The fourth-order valence-electron chi connectivity index (χ4n) is 3.29. The average Bonchev–Trinajstić information content (AvgIpc) is 2.70. The number of amides is 1. The van der Waals surface area contributed by atoms with Gasteiger partial charge in [0.2, 0.25) is 5.91 Å². The second-order valence-corrected chi connectivity index (χ2v) is 7.07. The van der Waals surface area contributed by atoms with Gasteiger partial charge < -0.3 is 0 Å². The molecule has 0 fully saturated rings. The Bertz CT molecular complexity index is 1050. The minimum absolute atomic E-state index is 0.0264. The van der Waals surface area contributed by atoms with Crippen LogP contribution in [-0.4, -0.2) is 17.5 Å². The maximum absolute atomic E-state index is 13.0. The second-order valence-electron chi connectivity index (χ2n) is 7.07. The van der Waals surface area contributed by atoms with Gasteiger partial charge in [0.1, 0.15) is 0 Å². The third-order valence-corrected chi connectivity index (χ3v) is 4.97. The van der Waals surface area contributed by atoms with Crippen LogP contribution in [0.5, 0.6) is 0 Å². The van der Waals surface area contributed by atoms with Crippen molar-refractivity contribution in [3.8, 4) is 6.07 Å². The number of nitrogens with zero attached hydrogens (tertiary/aromatic N) is 2. The summed E-state index contributed by atoms with van der Waals surface area (Å²) in [6.07, 6.45) is 1.20. The lowest BCUT2D eigenvalue weighted by Gasteiger charge is -2.25. The predicted octanol–water partition coefficient (Wildman–Crippen LogP) is 5.14. The molecule has 3 aromatic rings. The van der Waals surface area contributed by atoms with Crippen molar-refractivity contribution in [3.05, 3.63) is 76.9 Å². The van der Waals surface area contributed by atoms with E-state index in [0.29, 0.717) is 18.5 Å². The Morgan fingerprint density at radius 2 is 1.79 bits per heavy atom. The predicted molar refractivity (Wildman–Crippen MR) is 114 cm³/mol. The normalized spacial score (nSPS) is 10.5. The zero-order chi connectivity index (χ0) is 20.1. The Balaban J connectivity index is 1.87. The van der Waals surface area contributed by atoms with Gasteiger partial charge in [0.15, 0.2) is 0 Å². The SMILES string of the molecule is CCCN(Nc1ccc(C#N)c2ccccc12)C(=O)Cc1ccc(C)c(C)c1. The maximum atomic E-state index is 13.0. The van der Waals surface area contributed by atoms with Crippen molar-refractivity contribution >= 4 is 22.4 Å². The van der Waals surface area contributed by atoms with Gasteiger partial charge in [-0.15, -0.1) is 0 Å². The van der Waals surface area contributed by atoms with E-state index in [2.05, 4.69) is 44.4 Å². The van der Waals surface area contributed by atoms with E-state index < -0.39 is 0 Å². The molecule has 142 valence electrons. The highest BCUT2D eigenvalue weighted by atomic mass is 16.2. The number of carbonyl (C=O) groups is 1. The number of hydrogen-bond acceptors (Lipinski definition) is 3. The molecular formula is C24H25N3O. The van der Waals surface area contributed by atoms with Crippen molar-refractivity contribution in [1.29, 1.82) is 5.26 Å². The number of anilines is 1. The summed E-state index contributed by atoms with van der Waals surface area (Å²) in [4.78, 5) is 13.0. The van der Waals surface area contributed by atoms with E-state index in [-0.39, 0.29) is 5.91 Å². The van der Waals surface area contributed by atoms with E-state index in [9.17, 15) is 10.1 Å². The highest BCUT2D eigenvalue weighted by molar-refractivity contribution is 5.98. The van der Waals surface area contributed by atoms with Crippen molar-refractivity contribution in [3.63, 3.8) is 0 Å². The van der Waals surface area contributed by atoms with E-state index in [1.807, 2.05) is 36.4 Å². The van der Waals surface area contributed by atoms with Crippen molar-refractivity contribution in [2.75, 3.05) is 12.0 Å². The van der Waals surface area contributed by atoms with Gasteiger partial charge in [-0.1, -0.05) is 49.4 Å². The van der Waals surface area contributed by atoms with Crippen LogP contribution < -0.4 is 5.43 Å². The first-order valence-corrected chi connectivity index (χ1v) is 9.58. The molecule has 0 saturated carbocycles. The summed E-state index contributed by atoms with van der Waals surface area (Å²) in [5.74, 6) is 0.0264. The molecule has 0 radical (unpaired) electrons. The minimum Gasteiger partial charge on any atom is -0.295 e. The second kappa shape index (κ2) is 8.58. The molecule has 0 aromatic heterocycles. The highest BCUT2D eigenvalue weighted by Crippen LogP contribution is 2.27. The van der Waals surface area contributed by atoms with E-state index in [1.165, 1.54) is 11.1 Å². The van der Waals surface area contributed by atoms with E-state index in [0.717, 1.165) is 28.4 Å². The monoisotopic (exact) mass is 371 g/mol. The van der Waals surface area contributed by atoms with Crippen LogP contribution in [0.2, 0.25) is 0 Å². The average molecular weight is 371 g/mol. The van der Waals surface area contributed by atoms with Crippen molar-refractivity contribution < 1.29 is 4.79 Å². The Morgan fingerprint density at radius 3 is 2.46 bits per heavy atom. The van der Waals surface area contributed by atoms with Crippen LogP contribution in [0.15, 0.2) is 54.6 Å². The molecule has 0 unspecified atom stereocenters. The van der Waals surface area contributed by atoms with E-state index >= 15 is 0 Å². The largest absolute Gasteiger partial charge is 0.295 e. The lowest BCUT2D eigenvalue weighted by Crippen LogP contribution is -2.38. The molecule has 0 bridgehead atoms. The molecule has 1 amide bonds. The van der Waals surface area contributed by atoms with Crippen LogP contribution >= 0.6 is 0 Å². The smallest absolute Gasteiger partial charge is 0.245 e. The highest BCUT2D eigenvalue weighted by Gasteiger charge is 2.15. The molecule has 1 N–H and O–H groups in total. The van der Waals surface area contributed by atoms with Crippen LogP contribution in [0.1, 0.15) is 35.6 Å². The van der Waals surface area contributed by atoms with Crippen LogP contribution in [-0.2, 0) is 11.2 Å². The van der Waals surface area contributed by atoms with Gasteiger partial charge >= 0.3 is 0 Å². The summed E-state index contributed by atoms with van der Waals surface area (Å²) in [6.45, 7) is 6.79. The first-order valence-electron chi connectivity index (χ1n) is 9.58. The molecule has 0 saturated heterocycles. The van der Waals surface area contributed by atoms with Gasteiger partial charge in [-0.25, -0.2) is 0 Å². The Labute approximate surface area is 166 Å². The van der Waals surface area contributed by atoms with Gasteiger partial charge in [0.25, 0.3) is 0 Å². The summed E-state index contributed by atoms with van der Waals surface area (Å²) in [5.41, 5.74) is 8.19.